The Morgan fingerprint density at radius 1 is 1.00 bits per heavy atom. The lowest BCUT2D eigenvalue weighted by Crippen LogP contribution is -2.40. The molecule has 1 atom stereocenters. The van der Waals surface area contributed by atoms with Gasteiger partial charge in [0.25, 0.3) is 0 Å². The number of carbonyl (C=O) groups is 1. The van der Waals surface area contributed by atoms with E-state index in [-0.39, 0.29) is 11.4 Å². The molecule has 1 aromatic carbocycles. The SMILES string of the molecule is CCCCCCCCCCCCc1ccccc1S(=O)(=O)N1CCC[C@@H]1C(=O)O. The number of carboxylic acids is 1. The van der Waals surface area contributed by atoms with Crippen LogP contribution in [0.5, 0.6) is 0 Å². The molecule has 164 valence electrons. The number of carboxylic acid groups (broad SMARTS) is 1. The highest BCUT2D eigenvalue weighted by Gasteiger charge is 2.40. The van der Waals surface area contributed by atoms with Gasteiger partial charge in [-0.25, -0.2) is 8.42 Å². The monoisotopic (exact) mass is 423 g/mol. The smallest absolute Gasteiger partial charge is 0.322 e. The second-order valence-electron chi connectivity index (χ2n) is 8.15. The third kappa shape index (κ3) is 7.10. The minimum Gasteiger partial charge on any atom is -0.480 e. The molecular formula is C23H37NO4S. The predicted molar refractivity (Wildman–Crippen MR) is 117 cm³/mol. The van der Waals surface area contributed by atoms with Crippen LogP contribution in [0.2, 0.25) is 0 Å². The summed E-state index contributed by atoms with van der Waals surface area (Å²) in [5, 5.41) is 9.36. The average Bonchev–Trinajstić information content (AvgIpc) is 3.21. The zero-order valence-electron chi connectivity index (χ0n) is 17.8. The first kappa shape index (κ1) is 23.9. The Labute approximate surface area is 176 Å². The maximum Gasteiger partial charge on any atom is 0.322 e. The van der Waals surface area contributed by atoms with Gasteiger partial charge in [-0.1, -0.05) is 82.9 Å². The van der Waals surface area contributed by atoms with E-state index in [1.165, 1.54) is 55.7 Å². The zero-order valence-corrected chi connectivity index (χ0v) is 18.6. The van der Waals surface area contributed by atoms with Crippen LogP contribution < -0.4 is 0 Å². The Balaban J connectivity index is 1.84. The topological polar surface area (TPSA) is 74.7 Å². The predicted octanol–water partition coefficient (Wildman–Crippen LogP) is 5.39. The van der Waals surface area contributed by atoms with Crippen molar-refractivity contribution in [3.8, 4) is 0 Å². The number of aryl methyl sites for hydroxylation is 1. The molecule has 0 spiro atoms. The van der Waals surface area contributed by atoms with Gasteiger partial charge in [-0.15, -0.1) is 0 Å². The third-order valence-electron chi connectivity index (χ3n) is 5.85. The second kappa shape index (κ2) is 12.3. The molecule has 0 radical (unpaired) electrons. The van der Waals surface area contributed by atoms with Gasteiger partial charge >= 0.3 is 5.97 Å². The van der Waals surface area contributed by atoms with Crippen LogP contribution in [-0.2, 0) is 21.2 Å². The molecule has 6 heteroatoms. The Hall–Kier alpha value is -1.40. The highest BCUT2D eigenvalue weighted by molar-refractivity contribution is 7.89. The van der Waals surface area contributed by atoms with E-state index in [1.54, 1.807) is 12.1 Å². The van der Waals surface area contributed by atoms with Crippen LogP contribution in [0.4, 0.5) is 0 Å². The Bertz CT molecular complexity index is 732. The van der Waals surface area contributed by atoms with Gasteiger partial charge in [-0.3, -0.25) is 4.79 Å². The van der Waals surface area contributed by atoms with Crippen LogP contribution in [0.15, 0.2) is 29.2 Å². The summed E-state index contributed by atoms with van der Waals surface area (Å²) in [7, 11) is -3.77. The largest absolute Gasteiger partial charge is 0.480 e. The van der Waals surface area contributed by atoms with E-state index >= 15 is 0 Å². The lowest BCUT2D eigenvalue weighted by Gasteiger charge is -2.22. The molecule has 0 saturated carbocycles. The van der Waals surface area contributed by atoms with E-state index in [1.807, 2.05) is 12.1 Å². The van der Waals surface area contributed by atoms with Crippen LogP contribution in [-0.4, -0.2) is 36.4 Å². The van der Waals surface area contributed by atoms with Gasteiger partial charge in [0, 0.05) is 6.54 Å². The van der Waals surface area contributed by atoms with Gasteiger partial charge in [-0.2, -0.15) is 4.31 Å². The number of hydrogen-bond donors (Lipinski definition) is 1. The number of aliphatic carboxylic acids is 1. The normalized spacial score (nSPS) is 17.6. The van der Waals surface area contributed by atoms with Gasteiger partial charge in [0.15, 0.2) is 0 Å². The van der Waals surface area contributed by atoms with Crippen molar-refractivity contribution in [3.63, 3.8) is 0 Å². The van der Waals surface area contributed by atoms with Crippen molar-refractivity contribution in [2.24, 2.45) is 0 Å². The summed E-state index contributed by atoms with van der Waals surface area (Å²) < 4.78 is 27.4. The molecular weight excluding hydrogens is 386 g/mol. The number of nitrogens with zero attached hydrogens (tertiary/aromatic N) is 1. The van der Waals surface area contributed by atoms with Gasteiger partial charge in [0.1, 0.15) is 6.04 Å². The third-order valence-corrected chi connectivity index (χ3v) is 7.86. The number of hydrogen-bond acceptors (Lipinski definition) is 3. The average molecular weight is 424 g/mol. The molecule has 2 rings (SSSR count). The minimum atomic E-state index is -3.77. The summed E-state index contributed by atoms with van der Waals surface area (Å²) in [6.45, 7) is 2.52. The first-order valence-corrected chi connectivity index (χ1v) is 12.7. The molecule has 1 saturated heterocycles. The maximum absolute atomic E-state index is 13.1. The summed E-state index contributed by atoms with van der Waals surface area (Å²) >= 11 is 0. The molecule has 1 heterocycles. The van der Waals surface area contributed by atoms with Crippen molar-refractivity contribution in [2.45, 2.75) is 101 Å². The van der Waals surface area contributed by atoms with Crippen LogP contribution in [0, 0.1) is 0 Å². The Morgan fingerprint density at radius 3 is 2.21 bits per heavy atom. The fourth-order valence-electron chi connectivity index (χ4n) is 4.17. The van der Waals surface area contributed by atoms with Gasteiger partial charge in [0.05, 0.1) is 4.90 Å². The molecule has 1 aromatic rings. The van der Waals surface area contributed by atoms with E-state index in [0.29, 0.717) is 12.8 Å². The van der Waals surface area contributed by atoms with Gasteiger partial charge < -0.3 is 5.11 Å². The fraction of sp³-hybridized carbons (Fsp3) is 0.696. The molecule has 1 aliphatic heterocycles. The molecule has 1 aliphatic rings. The minimum absolute atomic E-state index is 0.282. The fourth-order valence-corrected chi connectivity index (χ4v) is 6.07. The number of sulfonamides is 1. The number of benzene rings is 1. The van der Waals surface area contributed by atoms with Gasteiger partial charge in [0.2, 0.25) is 10.0 Å². The molecule has 0 unspecified atom stereocenters. The lowest BCUT2D eigenvalue weighted by atomic mass is 10.0. The molecule has 0 amide bonds. The first-order chi connectivity index (χ1) is 14.0. The van der Waals surface area contributed by atoms with Crippen molar-refractivity contribution >= 4 is 16.0 Å². The molecule has 5 nitrogen and oxygen atoms in total. The van der Waals surface area contributed by atoms with E-state index < -0.39 is 22.0 Å². The summed E-state index contributed by atoms with van der Waals surface area (Å²) in [5.41, 5.74) is 0.808. The molecule has 0 aliphatic carbocycles. The molecule has 1 fully saturated rings. The lowest BCUT2D eigenvalue weighted by molar-refractivity contribution is -0.140. The molecule has 0 aromatic heterocycles. The summed E-state index contributed by atoms with van der Waals surface area (Å²) in [5.74, 6) is -1.06. The Kier molecular flexibility index (Phi) is 10.2. The molecule has 0 bridgehead atoms. The van der Waals surface area contributed by atoms with Crippen molar-refractivity contribution in [2.75, 3.05) is 6.54 Å². The maximum atomic E-state index is 13.1. The van der Waals surface area contributed by atoms with E-state index in [9.17, 15) is 18.3 Å². The zero-order chi connectivity index (χ0) is 21.1. The number of unbranched alkanes of at least 4 members (excludes halogenated alkanes) is 9. The highest BCUT2D eigenvalue weighted by Crippen LogP contribution is 2.29. The van der Waals surface area contributed by atoms with Crippen molar-refractivity contribution < 1.29 is 18.3 Å². The van der Waals surface area contributed by atoms with Crippen LogP contribution in [0.1, 0.15) is 89.5 Å². The van der Waals surface area contributed by atoms with Crippen LogP contribution in [0.25, 0.3) is 0 Å². The standard InChI is InChI=1S/C23H37NO4S/c1-2-3-4-5-6-7-8-9-10-11-15-20-16-12-13-18-22(20)29(27,28)24-19-14-17-21(24)23(25)26/h12-13,16,18,21H,2-11,14-15,17,19H2,1H3,(H,25,26)/t21-/m1/s1. The van der Waals surface area contributed by atoms with Crippen molar-refractivity contribution in [1.29, 1.82) is 0 Å². The summed E-state index contributed by atoms with van der Waals surface area (Å²) in [6.07, 6.45) is 14.1. The van der Waals surface area contributed by atoms with E-state index in [4.69, 9.17) is 0 Å². The van der Waals surface area contributed by atoms with Crippen LogP contribution in [0.3, 0.4) is 0 Å². The summed E-state index contributed by atoms with van der Waals surface area (Å²) in [4.78, 5) is 11.7. The molecule has 1 N–H and O–H groups in total. The molecule has 29 heavy (non-hydrogen) atoms. The van der Waals surface area contributed by atoms with Crippen molar-refractivity contribution in [1.82, 2.24) is 4.31 Å². The van der Waals surface area contributed by atoms with Crippen molar-refractivity contribution in [3.05, 3.63) is 29.8 Å². The Morgan fingerprint density at radius 2 is 1.59 bits per heavy atom. The van der Waals surface area contributed by atoms with Gasteiger partial charge in [-0.05, 0) is 37.3 Å². The first-order valence-electron chi connectivity index (χ1n) is 11.3. The summed E-state index contributed by atoms with van der Waals surface area (Å²) in [6, 6.07) is 6.14. The second-order valence-corrected chi connectivity index (χ2v) is 10.0. The highest BCUT2D eigenvalue weighted by atomic mass is 32.2. The van der Waals surface area contributed by atoms with Crippen LogP contribution >= 0.6 is 0 Å². The van der Waals surface area contributed by atoms with E-state index in [0.717, 1.165) is 24.8 Å². The quantitative estimate of drug-likeness (QED) is 0.407. The van der Waals surface area contributed by atoms with E-state index in [2.05, 4.69) is 6.92 Å². The number of rotatable bonds is 14.